The molecule has 0 aliphatic carbocycles. The van der Waals surface area contributed by atoms with Crippen LogP contribution >= 0.6 is 0 Å². The molecule has 25 heavy (non-hydrogen) atoms. The van der Waals surface area contributed by atoms with Crippen molar-refractivity contribution in [1.82, 2.24) is 20.2 Å². The number of benzene rings is 1. The Balaban J connectivity index is 1.81. The van der Waals surface area contributed by atoms with Crippen molar-refractivity contribution in [3.63, 3.8) is 0 Å². The highest BCUT2D eigenvalue weighted by Crippen LogP contribution is 2.21. The number of aromatic nitrogens is 2. The maximum atomic E-state index is 12.5. The number of nitrogens with zero attached hydrogens (tertiary/aromatic N) is 4. The minimum absolute atomic E-state index is 0.105. The summed E-state index contributed by atoms with van der Waals surface area (Å²) in [5.74, 6) is 1.22. The second-order valence-corrected chi connectivity index (χ2v) is 6.25. The van der Waals surface area contributed by atoms with Crippen LogP contribution in [0.3, 0.4) is 0 Å². The molecule has 1 aromatic carbocycles. The van der Waals surface area contributed by atoms with Crippen LogP contribution in [0.1, 0.15) is 15.9 Å². The molecule has 1 saturated heterocycles. The van der Waals surface area contributed by atoms with Crippen LogP contribution in [-0.4, -0.2) is 60.4 Å². The highest BCUT2D eigenvalue weighted by atomic mass is 16.2. The summed E-state index contributed by atoms with van der Waals surface area (Å²) in [6.45, 7) is 3.09. The molecule has 0 radical (unpaired) electrons. The lowest BCUT2D eigenvalue weighted by Gasteiger charge is -2.26. The van der Waals surface area contributed by atoms with Crippen LogP contribution in [-0.2, 0) is 4.79 Å². The first kappa shape index (κ1) is 16.9. The molecule has 2 aromatic rings. The van der Waals surface area contributed by atoms with Crippen molar-refractivity contribution in [2.45, 2.75) is 6.92 Å². The summed E-state index contributed by atoms with van der Waals surface area (Å²) in [4.78, 5) is 36.4. The number of piperazine rings is 1. The molecule has 1 aromatic heterocycles. The van der Waals surface area contributed by atoms with Gasteiger partial charge in [0.2, 0.25) is 5.91 Å². The summed E-state index contributed by atoms with van der Waals surface area (Å²) < 4.78 is 0. The molecule has 7 heteroatoms. The Morgan fingerprint density at radius 2 is 1.96 bits per heavy atom. The summed E-state index contributed by atoms with van der Waals surface area (Å²) >= 11 is 0. The highest BCUT2D eigenvalue weighted by Gasteiger charge is 2.22. The maximum absolute atomic E-state index is 12.5. The second-order valence-electron chi connectivity index (χ2n) is 6.25. The van der Waals surface area contributed by atoms with Crippen LogP contribution in [0.4, 0.5) is 5.82 Å². The number of rotatable bonds is 3. The van der Waals surface area contributed by atoms with E-state index in [-0.39, 0.29) is 18.4 Å². The molecule has 0 saturated carbocycles. The number of hydrogen-bond acceptors (Lipinski definition) is 5. The summed E-state index contributed by atoms with van der Waals surface area (Å²) in [7, 11) is 3.88. The standard InChI is InChI=1S/C18H21N5O2/c1-12-10-20-16(21-17(12)22(2)3)13-4-6-14(7-5-13)18(25)23-9-8-19-15(24)11-23/h4-7,10H,8-9,11H2,1-3H3,(H,19,24). The van der Waals surface area contributed by atoms with Gasteiger partial charge in [0.05, 0.1) is 6.54 Å². The van der Waals surface area contributed by atoms with Gasteiger partial charge in [0.15, 0.2) is 5.82 Å². The smallest absolute Gasteiger partial charge is 0.254 e. The predicted molar refractivity (Wildman–Crippen MR) is 95.4 cm³/mol. The number of anilines is 1. The van der Waals surface area contributed by atoms with Crippen molar-refractivity contribution >= 4 is 17.6 Å². The molecule has 3 rings (SSSR count). The number of aryl methyl sites for hydroxylation is 1. The zero-order valence-corrected chi connectivity index (χ0v) is 14.6. The van der Waals surface area contributed by atoms with Crippen LogP contribution in [0.15, 0.2) is 30.5 Å². The van der Waals surface area contributed by atoms with Gasteiger partial charge < -0.3 is 15.1 Å². The molecule has 1 fully saturated rings. The van der Waals surface area contributed by atoms with Gasteiger partial charge >= 0.3 is 0 Å². The average molecular weight is 339 g/mol. The van der Waals surface area contributed by atoms with Crippen LogP contribution in [0.25, 0.3) is 11.4 Å². The normalized spacial score (nSPS) is 14.2. The van der Waals surface area contributed by atoms with E-state index in [0.29, 0.717) is 24.5 Å². The zero-order chi connectivity index (χ0) is 18.0. The Morgan fingerprint density at radius 1 is 1.24 bits per heavy atom. The van der Waals surface area contributed by atoms with E-state index in [4.69, 9.17) is 0 Å². The number of nitrogens with one attached hydrogen (secondary N) is 1. The van der Waals surface area contributed by atoms with Gasteiger partial charge in [-0.1, -0.05) is 12.1 Å². The molecule has 2 heterocycles. The van der Waals surface area contributed by atoms with E-state index in [9.17, 15) is 9.59 Å². The minimum Gasteiger partial charge on any atom is -0.362 e. The molecule has 0 bridgehead atoms. The molecule has 1 aliphatic rings. The van der Waals surface area contributed by atoms with Gasteiger partial charge in [-0.25, -0.2) is 9.97 Å². The molecular weight excluding hydrogens is 318 g/mol. The fourth-order valence-electron chi connectivity index (χ4n) is 2.78. The quantitative estimate of drug-likeness (QED) is 0.906. The van der Waals surface area contributed by atoms with E-state index in [1.165, 1.54) is 0 Å². The highest BCUT2D eigenvalue weighted by molar-refractivity contribution is 5.97. The van der Waals surface area contributed by atoms with Crippen LogP contribution in [0.5, 0.6) is 0 Å². The number of hydrogen-bond donors (Lipinski definition) is 1. The molecule has 0 atom stereocenters. The Hall–Kier alpha value is -2.96. The average Bonchev–Trinajstić information content (AvgIpc) is 2.61. The van der Waals surface area contributed by atoms with Gasteiger partial charge in [0, 0.05) is 50.1 Å². The first-order valence-electron chi connectivity index (χ1n) is 8.13. The lowest BCUT2D eigenvalue weighted by atomic mass is 10.1. The van der Waals surface area contributed by atoms with Crippen LogP contribution < -0.4 is 10.2 Å². The van der Waals surface area contributed by atoms with Crippen molar-refractivity contribution in [2.24, 2.45) is 0 Å². The fraction of sp³-hybridized carbons (Fsp3) is 0.333. The Labute approximate surface area is 146 Å². The first-order valence-corrected chi connectivity index (χ1v) is 8.13. The predicted octanol–water partition coefficient (Wildman–Crippen LogP) is 1.09. The van der Waals surface area contributed by atoms with Crippen molar-refractivity contribution in [3.05, 3.63) is 41.6 Å². The van der Waals surface area contributed by atoms with E-state index >= 15 is 0 Å². The van der Waals surface area contributed by atoms with Crippen molar-refractivity contribution in [2.75, 3.05) is 38.6 Å². The third kappa shape index (κ3) is 3.60. The van der Waals surface area contributed by atoms with Gasteiger partial charge in [0.25, 0.3) is 5.91 Å². The molecule has 0 unspecified atom stereocenters. The maximum Gasteiger partial charge on any atom is 0.254 e. The van der Waals surface area contributed by atoms with Gasteiger partial charge in [0.1, 0.15) is 5.82 Å². The lowest BCUT2D eigenvalue weighted by molar-refractivity contribution is -0.123. The molecule has 1 N–H and O–H groups in total. The number of carbonyl (C=O) groups excluding carboxylic acids is 2. The van der Waals surface area contributed by atoms with Crippen molar-refractivity contribution in [1.29, 1.82) is 0 Å². The monoisotopic (exact) mass is 339 g/mol. The largest absolute Gasteiger partial charge is 0.362 e. The third-order valence-corrected chi connectivity index (χ3v) is 4.08. The summed E-state index contributed by atoms with van der Waals surface area (Å²) in [6.07, 6.45) is 1.79. The third-order valence-electron chi connectivity index (χ3n) is 4.08. The molecular formula is C18H21N5O2. The fourth-order valence-corrected chi connectivity index (χ4v) is 2.78. The summed E-state index contributed by atoms with van der Waals surface area (Å²) in [5, 5.41) is 2.71. The summed E-state index contributed by atoms with van der Waals surface area (Å²) in [5.41, 5.74) is 2.40. The Bertz CT molecular complexity index is 802. The van der Waals surface area contributed by atoms with Crippen molar-refractivity contribution in [3.8, 4) is 11.4 Å². The molecule has 130 valence electrons. The van der Waals surface area contributed by atoms with Crippen molar-refractivity contribution < 1.29 is 9.59 Å². The Kier molecular flexibility index (Phi) is 4.65. The second kappa shape index (κ2) is 6.88. The molecule has 2 amide bonds. The lowest BCUT2D eigenvalue weighted by Crippen LogP contribution is -2.49. The summed E-state index contributed by atoms with van der Waals surface area (Å²) in [6, 6.07) is 7.17. The van der Waals surface area contributed by atoms with Gasteiger partial charge in [-0.15, -0.1) is 0 Å². The molecule has 7 nitrogen and oxygen atoms in total. The molecule has 0 spiro atoms. The van der Waals surface area contributed by atoms with Gasteiger partial charge in [-0.2, -0.15) is 0 Å². The molecule has 1 aliphatic heterocycles. The Morgan fingerprint density at radius 3 is 2.60 bits per heavy atom. The zero-order valence-electron chi connectivity index (χ0n) is 14.6. The van der Waals surface area contributed by atoms with E-state index in [1.807, 2.05) is 38.1 Å². The van der Waals surface area contributed by atoms with Gasteiger partial charge in [-0.05, 0) is 19.1 Å². The SMILES string of the molecule is Cc1cnc(-c2ccc(C(=O)N3CCNC(=O)C3)cc2)nc1N(C)C. The minimum atomic E-state index is -0.139. The van der Waals surface area contributed by atoms with Gasteiger partial charge in [-0.3, -0.25) is 9.59 Å². The number of amides is 2. The van der Waals surface area contributed by atoms with Crippen LogP contribution in [0.2, 0.25) is 0 Å². The van der Waals surface area contributed by atoms with E-state index in [0.717, 1.165) is 16.9 Å². The topological polar surface area (TPSA) is 78.4 Å². The van der Waals surface area contributed by atoms with E-state index in [1.54, 1.807) is 23.2 Å². The number of carbonyl (C=O) groups is 2. The van der Waals surface area contributed by atoms with E-state index in [2.05, 4.69) is 15.3 Å². The van der Waals surface area contributed by atoms with E-state index < -0.39 is 0 Å². The first-order chi connectivity index (χ1) is 12.0. The van der Waals surface area contributed by atoms with Crippen LogP contribution in [0, 0.1) is 6.92 Å².